The highest BCUT2D eigenvalue weighted by molar-refractivity contribution is 5.79. The van der Waals surface area contributed by atoms with E-state index in [1.165, 1.54) is 0 Å². The average molecular weight is 267 g/mol. The Morgan fingerprint density at radius 3 is 2.84 bits per heavy atom. The predicted octanol–water partition coefficient (Wildman–Crippen LogP) is 0.753. The van der Waals surface area contributed by atoms with Crippen molar-refractivity contribution in [2.45, 2.75) is 12.8 Å². The first-order chi connectivity index (χ1) is 9.27. The highest BCUT2D eigenvalue weighted by Gasteiger charge is 2.07. The molecule has 0 unspecified atom stereocenters. The molecule has 0 saturated carbocycles. The van der Waals surface area contributed by atoms with E-state index in [4.69, 9.17) is 14.6 Å². The second-order valence-electron chi connectivity index (χ2n) is 4.03. The van der Waals surface area contributed by atoms with Crippen LogP contribution in [0.2, 0.25) is 0 Å². The molecule has 106 valence electrons. The second-order valence-corrected chi connectivity index (χ2v) is 4.03. The number of benzene rings is 1. The van der Waals surface area contributed by atoms with Gasteiger partial charge in [0.2, 0.25) is 5.91 Å². The normalized spacial score (nSPS) is 10.2. The van der Waals surface area contributed by atoms with Crippen LogP contribution in [0.3, 0.4) is 0 Å². The van der Waals surface area contributed by atoms with E-state index < -0.39 is 0 Å². The summed E-state index contributed by atoms with van der Waals surface area (Å²) in [6.07, 6.45) is 1.04. The number of para-hydroxylation sites is 1. The van der Waals surface area contributed by atoms with E-state index in [9.17, 15) is 4.79 Å². The molecule has 0 radical (unpaired) electrons. The van der Waals surface area contributed by atoms with Gasteiger partial charge in [-0.1, -0.05) is 18.2 Å². The zero-order valence-corrected chi connectivity index (χ0v) is 11.2. The Morgan fingerprint density at radius 1 is 1.32 bits per heavy atom. The van der Waals surface area contributed by atoms with E-state index >= 15 is 0 Å². The molecule has 1 rings (SSSR count). The zero-order valence-electron chi connectivity index (χ0n) is 11.2. The molecule has 0 bridgehead atoms. The lowest BCUT2D eigenvalue weighted by Crippen LogP contribution is -2.27. The molecular formula is C14H21NO4. The molecule has 19 heavy (non-hydrogen) atoms. The van der Waals surface area contributed by atoms with E-state index in [1.54, 1.807) is 7.11 Å². The van der Waals surface area contributed by atoms with Gasteiger partial charge in [-0.15, -0.1) is 0 Å². The number of methoxy groups -OCH3 is 1. The number of carbonyl (C=O) groups is 1. The molecule has 5 nitrogen and oxygen atoms in total. The van der Waals surface area contributed by atoms with Crippen LogP contribution in [0.5, 0.6) is 5.75 Å². The largest absolute Gasteiger partial charge is 0.496 e. The molecule has 0 heterocycles. The van der Waals surface area contributed by atoms with Crippen LogP contribution >= 0.6 is 0 Å². The molecule has 0 aliphatic rings. The third kappa shape index (κ3) is 6.22. The number of nitrogens with one attached hydrogen (secondary N) is 1. The van der Waals surface area contributed by atoms with Gasteiger partial charge in [0.1, 0.15) is 5.75 Å². The van der Waals surface area contributed by atoms with Gasteiger partial charge in [0.05, 0.1) is 26.7 Å². The summed E-state index contributed by atoms with van der Waals surface area (Å²) in [5.41, 5.74) is 0.874. The maximum Gasteiger partial charge on any atom is 0.224 e. The molecule has 0 saturated heterocycles. The van der Waals surface area contributed by atoms with Gasteiger partial charge in [-0.25, -0.2) is 0 Å². The highest BCUT2D eigenvalue weighted by Crippen LogP contribution is 2.17. The first kappa shape index (κ1) is 15.5. The monoisotopic (exact) mass is 267 g/mol. The van der Waals surface area contributed by atoms with Gasteiger partial charge >= 0.3 is 0 Å². The molecular weight excluding hydrogens is 246 g/mol. The van der Waals surface area contributed by atoms with Gasteiger partial charge in [-0.2, -0.15) is 0 Å². The van der Waals surface area contributed by atoms with Gasteiger partial charge < -0.3 is 19.9 Å². The van der Waals surface area contributed by atoms with Crippen molar-refractivity contribution in [2.75, 3.05) is 33.5 Å². The Hall–Kier alpha value is -1.59. The van der Waals surface area contributed by atoms with E-state index in [0.29, 0.717) is 26.2 Å². The van der Waals surface area contributed by atoms with Crippen LogP contribution in [0, 0.1) is 0 Å². The van der Waals surface area contributed by atoms with Gasteiger partial charge in [0.25, 0.3) is 0 Å². The Morgan fingerprint density at radius 2 is 2.11 bits per heavy atom. The fraction of sp³-hybridized carbons (Fsp3) is 0.500. The third-order valence-corrected chi connectivity index (χ3v) is 2.57. The fourth-order valence-corrected chi connectivity index (χ4v) is 1.65. The van der Waals surface area contributed by atoms with Crippen molar-refractivity contribution in [1.82, 2.24) is 5.32 Å². The summed E-state index contributed by atoms with van der Waals surface area (Å²) < 4.78 is 10.3. The lowest BCUT2D eigenvalue weighted by Gasteiger charge is -2.09. The Bertz CT molecular complexity index is 381. The van der Waals surface area contributed by atoms with Crippen molar-refractivity contribution in [2.24, 2.45) is 0 Å². The number of hydrogen-bond acceptors (Lipinski definition) is 4. The molecule has 0 spiro atoms. The van der Waals surface area contributed by atoms with Crippen LogP contribution in [-0.2, 0) is 16.0 Å². The lowest BCUT2D eigenvalue weighted by molar-refractivity contribution is -0.120. The first-order valence-corrected chi connectivity index (χ1v) is 6.35. The quantitative estimate of drug-likeness (QED) is 0.648. The summed E-state index contributed by atoms with van der Waals surface area (Å²) in [4.78, 5) is 11.7. The molecule has 1 aromatic carbocycles. The van der Waals surface area contributed by atoms with E-state index in [-0.39, 0.29) is 12.5 Å². The van der Waals surface area contributed by atoms with E-state index in [2.05, 4.69) is 5.32 Å². The van der Waals surface area contributed by atoms with Crippen LogP contribution in [0.15, 0.2) is 24.3 Å². The average Bonchev–Trinajstić information content (AvgIpc) is 2.43. The summed E-state index contributed by atoms with van der Waals surface area (Å²) in [5.74, 6) is 0.690. The summed E-state index contributed by atoms with van der Waals surface area (Å²) in [6, 6.07) is 7.47. The molecule has 0 fully saturated rings. The minimum Gasteiger partial charge on any atom is -0.496 e. The summed E-state index contributed by atoms with van der Waals surface area (Å²) in [6.45, 7) is 1.48. The third-order valence-electron chi connectivity index (χ3n) is 2.57. The second kappa shape index (κ2) is 9.35. The van der Waals surface area contributed by atoms with E-state index in [1.807, 2.05) is 24.3 Å². The van der Waals surface area contributed by atoms with Crippen LogP contribution in [-0.4, -0.2) is 44.5 Å². The van der Waals surface area contributed by atoms with Crippen LogP contribution in [0.4, 0.5) is 0 Å². The molecule has 5 heteroatoms. The molecule has 0 aromatic heterocycles. The predicted molar refractivity (Wildman–Crippen MR) is 72.2 cm³/mol. The SMILES string of the molecule is COc1ccccc1CC(=O)NCCCOCCO. The van der Waals surface area contributed by atoms with Gasteiger partial charge in [-0.05, 0) is 12.5 Å². The van der Waals surface area contributed by atoms with Crippen LogP contribution in [0.25, 0.3) is 0 Å². The van der Waals surface area contributed by atoms with Crippen molar-refractivity contribution in [3.63, 3.8) is 0 Å². The summed E-state index contributed by atoms with van der Waals surface area (Å²) >= 11 is 0. The van der Waals surface area contributed by atoms with Crippen molar-refractivity contribution in [1.29, 1.82) is 0 Å². The van der Waals surface area contributed by atoms with Crippen LogP contribution in [0.1, 0.15) is 12.0 Å². The summed E-state index contributed by atoms with van der Waals surface area (Å²) in [5, 5.41) is 11.3. The lowest BCUT2D eigenvalue weighted by atomic mass is 10.1. The fourth-order valence-electron chi connectivity index (χ4n) is 1.65. The minimum absolute atomic E-state index is 0.0279. The standard InChI is InChI=1S/C14H21NO4/c1-18-13-6-3-2-5-12(13)11-14(17)15-7-4-9-19-10-8-16/h2-3,5-6,16H,4,7-11H2,1H3,(H,15,17). The molecule has 1 aromatic rings. The van der Waals surface area contributed by atoms with E-state index in [0.717, 1.165) is 17.7 Å². The molecule has 0 atom stereocenters. The van der Waals surface area contributed by atoms with Crippen LogP contribution < -0.4 is 10.1 Å². The molecule has 0 aliphatic carbocycles. The Kier molecular flexibility index (Phi) is 7.62. The topological polar surface area (TPSA) is 67.8 Å². The number of amides is 1. The number of aliphatic hydroxyl groups is 1. The number of ether oxygens (including phenoxy) is 2. The molecule has 0 aliphatic heterocycles. The highest BCUT2D eigenvalue weighted by atomic mass is 16.5. The Balaban J connectivity index is 2.23. The number of hydrogen-bond donors (Lipinski definition) is 2. The van der Waals surface area contributed by atoms with Crippen molar-refractivity contribution >= 4 is 5.91 Å². The summed E-state index contributed by atoms with van der Waals surface area (Å²) in [7, 11) is 1.59. The maximum atomic E-state index is 11.7. The van der Waals surface area contributed by atoms with Crippen molar-refractivity contribution < 1.29 is 19.4 Å². The van der Waals surface area contributed by atoms with Gasteiger partial charge in [0, 0.05) is 18.7 Å². The first-order valence-electron chi connectivity index (χ1n) is 6.35. The number of carbonyl (C=O) groups excluding carboxylic acids is 1. The number of rotatable bonds is 9. The Labute approximate surface area is 113 Å². The molecule has 1 amide bonds. The zero-order chi connectivity index (χ0) is 13.9. The maximum absolute atomic E-state index is 11.7. The van der Waals surface area contributed by atoms with Gasteiger partial charge in [-0.3, -0.25) is 4.79 Å². The molecule has 2 N–H and O–H groups in total. The van der Waals surface area contributed by atoms with Crippen molar-refractivity contribution in [3.8, 4) is 5.75 Å². The van der Waals surface area contributed by atoms with Gasteiger partial charge in [0.15, 0.2) is 0 Å². The number of aliphatic hydroxyl groups excluding tert-OH is 1. The smallest absolute Gasteiger partial charge is 0.224 e. The van der Waals surface area contributed by atoms with Crippen molar-refractivity contribution in [3.05, 3.63) is 29.8 Å². The minimum atomic E-state index is -0.0355.